The molecule has 2 aromatic carbocycles. The Morgan fingerprint density at radius 3 is 2.42 bits per heavy atom. The molecule has 0 saturated heterocycles. The van der Waals surface area contributed by atoms with Crippen molar-refractivity contribution in [3.05, 3.63) is 64.9 Å². The van der Waals surface area contributed by atoms with E-state index < -0.39 is 11.9 Å². The standard InChI is InChI=1S/C18H15ClF3N3O/c1-25-9-15(17(24-25)18(20,21)22)14-7-6-13(8-16(14)23)26-10-11-2-4-12(19)5-3-11/h2-9H,10,23H2,1H3. The van der Waals surface area contributed by atoms with Crippen LogP contribution in [0.4, 0.5) is 18.9 Å². The number of nitrogens with two attached hydrogens (primary N) is 1. The van der Waals surface area contributed by atoms with Crippen molar-refractivity contribution in [2.24, 2.45) is 7.05 Å². The Morgan fingerprint density at radius 2 is 1.81 bits per heavy atom. The SMILES string of the molecule is Cn1cc(-c2ccc(OCc3ccc(Cl)cc3)cc2N)c(C(F)(F)F)n1. The number of aryl methyl sites for hydroxylation is 1. The van der Waals surface area contributed by atoms with Gasteiger partial charge in [0.25, 0.3) is 0 Å². The smallest absolute Gasteiger partial charge is 0.435 e. The molecular formula is C18H15ClF3N3O. The van der Waals surface area contributed by atoms with Gasteiger partial charge < -0.3 is 10.5 Å². The lowest BCUT2D eigenvalue weighted by Crippen LogP contribution is -2.08. The average Bonchev–Trinajstić information content (AvgIpc) is 2.96. The molecule has 0 unspecified atom stereocenters. The van der Waals surface area contributed by atoms with Crippen LogP contribution in [-0.2, 0) is 19.8 Å². The molecule has 0 atom stereocenters. The molecule has 0 aliphatic rings. The van der Waals surface area contributed by atoms with E-state index in [-0.39, 0.29) is 23.4 Å². The monoisotopic (exact) mass is 381 g/mol. The number of alkyl halides is 3. The average molecular weight is 382 g/mol. The van der Waals surface area contributed by atoms with Crippen molar-refractivity contribution in [3.8, 4) is 16.9 Å². The van der Waals surface area contributed by atoms with Crippen molar-refractivity contribution < 1.29 is 17.9 Å². The summed E-state index contributed by atoms with van der Waals surface area (Å²) in [6.07, 6.45) is -3.27. The van der Waals surface area contributed by atoms with Crippen LogP contribution >= 0.6 is 11.6 Å². The zero-order valence-corrected chi connectivity index (χ0v) is 14.5. The second-order valence-electron chi connectivity index (χ2n) is 5.73. The third kappa shape index (κ3) is 3.94. The van der Waals surface area contributed by atoms with Gasteiger partial charge in [-0.3, -0.25) is 4.68 Å². The molecule has 0 spiro atoms. The van der Waals surface area contributed by atoms with Gasteiger partial charge in [0.05, 0.1) is 0 Å². The van der Waals surface area contributed by atoms with E-state index in [9.17, 15) is 13.2 Å². The van der Waals surface area contributed by atoms with Crippen LogP contribution in [0.5, 0.6) is 5.75 Å². The lowest BCUT2D eigenvalue weighted by atomic mass is 10.0. The molecule has 0 aliphatic heterocycles. The van der Waals surface area contributed by atoms with Gasteiger partial charge in [0, 0.05) is 41.1 Å². The number of rotatable bonds is 4. The summed E-state index contributed by atoms with van der Waals surface area (Å²) in [5.74, 6) is 0.457. The lowest BCUT2D eigenvalue weighted by molar-refractivity contribution is -0.140. The van der Waals surface area contributed by atoms with Crippen LogP contribution < -0.4 is 10.5 Å². The Morgan fingerprint density at radius 1 is 1.12 bits per heavy atom. The quantitative estimate of drug-likeness (QED) is 0.652. The molecule has 2 N–H and O–H groups in total. The van der Waals surface area contributed by atoms with E-state index in [0.29, 0.717) is 10.8 Å². The summed E-state index contributed by atoms with van der Waals surface area (Å²) in [6.45, 7) is 0.288. The highest BCUT2D eigenvalue weighted by atomic mass is 35.5. The third-order valence-corrected chi connectivity index (χ3v) is 3.98. The largest absolute Gasteiger partial charge is 0.489 e. The number of anilines is 1. The van der Waals surface area contributed by atoms with Gasteiger partial charge in [-0.2, -0.15) is 18.3 Å². The van der Waals surface area contributed by atoms with Crippen molar-refractivity contribution in [2.75, 3.05) is 5.73 Å². The molecule has 0 saturated carbocycles. The Bertz CT molecular complexity index is 920. The summed E-state index contributed by atoms with van der Waals surface area (Å²) < 4.78 is 46.2. The van der Waals surface area contributed by atoms with Crippen LogP contribution in [0.3, 0.4) is 0 Å². The van der Waals surface area contributed by atoms with E-state index in [1.165, 1.54) is 25.4 Å². The summed E-state index contributed by atoms with van der Waals surface area (Å²) in [6, 6.07) is 11.7. The summed E-state index contributed by atoms with van der Waals surface area (Å²) in [5, 5.41) is 4.12. The molecule has 0 aliphatic carbocycles. The minimum Gasteiger partial charge on any atom is -0.489 e. The highest BCUT2D eigenvalue weighted by Gasteiger charge is 2.37. The highest BCUT2D eigenvalue weighted by Crippen LogP contribution is 2.38. The van der Waals surface area contributed by atoms with E-state index in [4.69, 9.17) is 22.1 Å². The Hall–Kier alpha value is -2.67. The van der Waals surface area contributed by atoms with Gasteiger partial charge in [0.2, 0.25) is 0 Å². The predicted molar refractivity (Wildman–Crippen MR) is 93.8 cm³/mol. The molecule has 3 aromatic rings. The van der Waals surface area contributed by atoms with Crippen LogP contribution in [0.1, 0.15) is 11.3 Å². The molecule has 0 radical (unpaired) electrons. The number of ether oxygens (including phenoxy) is 1. The Labute approximate surface area is 153 Å². The molecule has 1 heterocycles. The Kier molecular flexibility index (Phi) is 4.82. The van der Waals surface area contributed by atoms with Gasteiger partial charge in [0.1, 0.15) is 12.4 Å². The van der Waals surface area contributed by atoms with E-state index in [2.05, 4.69) is 5.10 Å². The maximum atomic E-state index is 13.1. The van der Waals surface area contributed by atoms with Gasteiger partial charge in [0.15, 0.2) is 5.69 Å². The molecular weight excluding hydrogens is 367 g/mol. The number of benzene rings is 2. The first-order valence-electron chi connectivity index (χ1n) is 7.62. The van der Waals surface area contributed by atoms with Crippen LogP contribution in [-0.4, -0.2) is 9.78 Å². The molecule has 4 nitrogen and oxygen atoms in total. The molecule has 0 fully saturated rings. The second kappa shape index (κ2) is 6.92. The van der Waals surface area contributed by atoms with Crippen molar-refractivity contribution in [2.45, 2.75) is 12.8 Å². The number of aromatic nitrogens is 2. The van der Waals surface area contributed by atoms with E-state index >= 15 is 0 Å². The highest BCUT2D eigenvalue weighted by molar-refractivity contribution is 6.30. The zero-order chi connectivity index (χ0) is 18.9. The minimum atomic E-state index is -4.56. The van der Waals surface area contributed by atoms with Crippen LogP contribution in [0.25, 0.3) is 11.1 Å². The van der Waals surface area contributed by atoms with Crippen LogP contribution in [0.2, 0.25) is 5.02 Å². The minimum absolute atomic E-state index is 0.0678. The maximum Gasteiger partial charge on any atom is 0.435 e. The van der Waals surface area contributed by atoms with E-state index in [1.54, 1.807) is 18.2 Å². The van der Waals surface area contributed by atoms with Gasteiger partial charge >= 0.3 is 6.18 Å². The molecule has 3 rings (SSSR count). The molecule has 0 amide bonds. The van der Waals surface area contributed by atoms with Crippen LogP contribution in [0, 0.1) is 0 Å². The van der Waals surface area contributed by atoms with Crippen molar-refractivity contribution in [1.29, 1.82) is 0 Å². The summed E-state index contributed by atoms with van der Waals surface area (Å²) in [7, 11) is 1.43. The second-order valence-corrected chi connectivity index (χ2v) is 6.16. The lowest BCUT2D eigenvalue weighted by Gasteiger charge is -2.11. The summed E-state index contributed by atoms with van der Waals surface area (Å²) in [5.41, 5.74) is 6.26. The molecule has 1 aromatic heterocycles. The molecule has 136 valence electrons. The van der Waals surface area contributed by atoms with Gasteiger partial charge in [-0.15, -0.1) is 0 Å². The van der Waals surface area contributed by atoms with E-state index in [0.717, 1.165) is 10.2 Å². The number of nitrogen functional groups attached to an aromatic ring is 1. The van der Waals surface area contributed by atoms with Gasteiger partial charge in [-0.1, -0.05) is 23.7 Å². The topological polar surface area (TPSA) is 53.1 Å². The summed E-state index contributed by atoms with van der Waals surface area (Å²) >= 11 is 5.83. The number of nitrogens with zero attached hydrogens (tertiary/aromatic N) is 2. The third-order valence-electron chi connectivity index (χ3n) is 3.73. The van der Waals surface area contributed by atoms with Crippen molar-refractivity contribution in [3.63, 3.8) is 0 Å². The molecule has 8 heteroatoms. The maximum absolute atomic E-state index is 13.1. The fourth-order valence-electron chi connectivity index (χ4n) is 2.52. The van der Waals surface area contributed by atoms with Crippen molar-refractivity contribution in [1.82, 2.24) is 9.78 Å². The first-order valence-corrected chi connectivity index (χ1v) is 8.00. The zero-order valence-electron chi connectivity index (χ0n) is 13.7. The summed E-state index contributed by atoms with van der Waals surface area (Å²) in [4.78, 5) is 0. The van der Waals surface area contributed by atoms with Crippen LogP contribution in [0.15, 0.2) is 48.7 Å². The van der Waals surface area contributed by atoms with Gasteiger partial charge in [-0.25, -0.2) is 0 Å². The number of hydrogen-bond acceptors (Lipinski definition) is 3. The molecule has 0 bridgehead atoms. The number of halogens is 4. The normalized spacial score (nSPS) is 11.6. The first-order chi connectivity index (χ1) is 12.2. The Balaban J connectivity index is 1.83. The first kappa shape index (κ1) is 18.1. The van der Waals surface area contributed by atoms with Gasteiger partial charge in [-0.05, 0) is 29.8 Å². The van der Waals surface area contributed by atoms with E-state index in [1.807, 2.05) is 12.1 Å². The fourth-order valence-corrected chi connectivity index (χ4v) is 2.64. The predicted octanol–water partition coefficient (Wildman–Crippen LogP) is 4.92. The molecule has 26 heavy (non-hydrogen) atoms. The fraction of sp³-hybridized carbons (Fsp3) is 0.167. The van der Waals surface area contributed by atoms with Crippen molar-refractivity contribution >= 4 is 17.3 Å². The number of hydrogen-bond donors (Lipinski definition) is 1.